The molecule has 26 heavy (non-hydrogen) atoms. The van der Waals surface area contributed by atoms with Crippen molar-refractivity contribution in [2.75, 3.05) is 19.6 Å². The van der Waals surface area contributed by atoms with Gasteiger partial charge in [-0.25, -0.2) is 0 Å². The summed E-state index contributed by atoms with van der Waals surface area (Å²) in [6.07, 6.45) is 5.58. The van der Waals surface area contributed by atoms with Gasteiger partial charge in [-0.3, -0.25) is 14.5 Å². The number of nitrogens with zero attached hydrogens (tertiary/aromatic N) is 4. The lowest BCUT2D eigenvalue weighted by Crippen LogP contribution is -2.44. The molecular formula is C20H30N4O2. The third-order valence-electron chi connectivity index (χ3n) is 5.82. The Kier molecular flexibility index (Phi) is 5.43. The van der Waals surface area contributed by atoms with Crippen LogP contribution in [0.3, 0.4) is 0 Å². The number of likely N-dealkylation sites (tertiary alicyclic amines) is 1. The van der Waals surface area contributed by atoms with E-state index in [1.807, 2.05) is 13.0 Å². The molecule has 0 amide bonds. The molecule has 0 aliphatic carbocycles. The number of aliphatic hydroxyl groups is 1. The molecule has 4 rings (SSSR count). The van der Waals surface area contributed by atoms with E-state index >= 15 is 0 Å². The van der Waals surface area contributed by atoms with Crippen LogP contribution in [0.4, 0.5) is 0 Å². The van der Waals surface area contributed by atoms with Crippen LogP contribution in [0.25, 0.3) is 0 Å². The van der Waals surface area contributed by atoms with Gasteiger partial charge in [0.25, 0.3) is 0 Å². The van der Waals surface area contributed by atoms with Crippen molar-refractivity contribution in [3.63, 3.8) is 0 Å². The molecule has 1 atom stereocenters. The third-order valence-corrected chi connectivity index (χ3v) is 5.82. The lowest BCUT2D eigenvalue weighted by molar-refractivity contribution is 0.0963. The van der Waals surface area contributed by atoms with Crippen molar-refractivity contribution in [1.29, 1.82) is 0 Å². The van der Waals surface area contributed by atoms with Gasteiger partial charge in [-0.15, -0.1) is 0 Å². The molecule has 0 radical (unpaired) electrons. The molecule has 0 bridgehead atoms. The minimum absolute atomic E-state index is 0.437. The van der Waals surface area contributed by atoms with E-state index in [-0.39, 0.29) is 0 Å². The normalized spacial score (nSPS) is 21.5. The summed E-state index contributed by atoms with van der Waals surface area (Å²) < 4.78 is 7.59. The molecule has 0 spiro atoms. The number of furan rings is 1. The topological polar surface area (TPSA) is 57.7 Å². The zero-order chi connectivity index (χ0) is 17.9. The first-order valence-electron chi connectivity index (χ1n) is 9.96. The van der Waals surface area contributed by atoms with Crippen LogP contribution in [-0.2, 0) is 19.6 Å². The monoisotopic (exact) mass is 358 g/mol. The molecule has 4 heterocycles. The van der Waals surface area contributed by atoms with Crippen molar-refractivity contribution in [1.82, 2.24) is 19.6 Å². The van der Waals surface area contributed by atoms with Gasteiger partial charge in [0.15, 0.2) is 0 Å². The predicted octanol–water partition coefficient (Wildman–Crippen LogP) is 2.79. The summed E-state index contributed by atoms with van der Waals surface area (Å²) in [6, 6.07) is 6.78. The van der Waals surface area contributed by atoms with Crippen LogP contribution >= 0.6 is 0 Å². The number of hydrogen-bond acceptors (Lipinski definition) is 5. The van der Waals surface area contributed by atoms with Gasteiger partial charge >= 0.3 is 0 Å². The van der Waals surface area contributed by atoms with E-state index in [0.29, 0.717) is 12.5 Å². The summed E-state index contributed by atoms with van der Waals surface area (Å²) in [5, 5.41) is 14.7. The number of piperidine rings is 1. The maximum atomic E-state index is 10.1. The minimum atomic E-state index is -0.437. The highest BCUT2D eigenvalue weighted by Gasteiger charge is 2.27. The first kappa shape index (κ1) is 17.8. The summed E-state index contributed by atoms with van der Waals surface area (Å²) >= 11 is 0. The van der Waals surface area contributed by atoms with Crippen LogP contribution in [0.1, 0.15) is 55.9 Å². The van der Waals surface area contributed by atoms with Crippen molar-refractivity contribution < 1.29 is 9.52 Å². The van der Waals surface area contributed by atoms with Crippen molar-refractivity contribution in [3.05, 3.63) is 41.6 Å². The van der Waals surface area contributed by atoms with Gasteiger partial charge in [0, 0.05) is 38.8 Å². The molecule has 142 valence electrons. The Balaban J connectivity index is 1.36. The van der Waals surface area contributed by atoms with Crippen molar-refractivity contribution >= 4 is 0 Å². The average molecular weight is 358 g/mol. The van der Waals surface area contributed by atoms with E-state index in [2.05, 4.69) is 31.7 Å². The molecule has 2 aromatic rings. The fourth-order valence-corrected chi connectivity index (χ4v) is 4.26. The second-order valence-electron chi connectivity index (χ2n) is 7.62. The molecule has 1 N–H and O–H groups in total. The maximum absolute atomic E-state index is 10.1. The van der Waals surface area contributed by atoms with Crippen LogP contribution in [0.5, 0.6) is 0 Å². The van der Waals surface area contributed by atoms with Crippen LogP contribution < -0.4 is 0 Å². The van der Waals surface area contributed by atoms with Gasteiger partial charge in [-0.2, -0.15) is 5.10 Å². The number of fused-ring (bicyclic) bond motifs is 1. The molecule has 0 aromatic carbocycles. The highest BCUT2D eigenvalue weighted by Crippen LogP contribution is 2.25. The summed E-state index contributed by atoms with van der Waals surface area (Å²) in [4.78, 5) is 5.12. The zero-order valence-electron chi connectivity index (χ0n) is 15.7. The minimum Gasteiger partial charge on any atom is -0.468 e. The Morgan fingerprint density at radius 1 is 1.27 bits per heavy atom. The van der Waals surface area contributed by atoms with Gasteiger partial charge in [-0.05, 0) is 43.9 Å². The van der Waals surface area contributed by atoms with Crippen LogP contribution in [-0.4, -0.2) is 50.4 Å². The van der Waals surface area contributed by atoms with Gasteiger partial charge < -0.3 is 9.52 Å². The number of hydrogen-bond donors (Lipinski definition) is 1. The molecule has 2 aromatic heterocycles. The zero-order valence-corrected chi connectivity index (χ0v) is 15.7. The third kappa shape index (κ3) is 3.87. The largest absolute Gasteiger partial charge is 0.468 e. The lowest BCUT2D eigenvalue weighted by atomic mass is 10.0. The van der Waals surface area contributed by atoms with Gasteiger partial charge in [-0.1, -0.05) is 6.92 Å². The SMILES string of the molecule is CC[C@H](O)c1cc2n(n1)CCCN(C1CCN(Cc3ccco3)CC1)C2. The second-order valence-corrected chi connectivity index (χ2v) is 7.62. The molecule has 0 saturated carbocycles. The first-order chi connectivity index (χ1) is 12.7. The van der Waals surface area contributed by atoms with Gasteiger partial charge in [0.1, 0.15) is 5.76 Å². The number of rotatable bonds is 5. The number of aromatic nitrogens is 2. The van der Waals surface area contributed by atoms with Crippen molar-refractivity contribution in [2.24, 2.45) is 0 Å². The molecule has 6 nitrogen and oxygen atoms in total. The lowest BCUT2D eigenvalue weighted by Gasteiger charge is -2.37. The Hall–Kier alpha value is -1.63. The van der Waals surface area contributed by atoms with E-state index in [0.717, 1.165) is 57.1 Å². The van der Waals surface area contributed by atoms with Crippen molar-refractivity contribution in [2.45, 2.75) is 64.4 Å². The smallest absolute Gasteiger partial charge is 0.117 e. The predicted molar refractivity (Wildman–Crippen MR) is 99.5 cm³/mol. The average Bonchev–Trinajstić information content (AvgIpc) is 3.27. The van der Waals surface area contributed by atoms with E-state index < -0.39 is 6.10 Å². The molecule has 6 heteroatoms. The molecule has 1 fully saturated rings. The van der Waals surface area contributed by atoms with Crippen molar-refractivity contribution in [3.8, 4) is 0 Å². The first-order valence-corrected chi connectivity index (χ1v) is 9.96. The molecule has 2 aliphatic rings. The molecule has 0 unspecified atom stereocenters. The maximum Gasteiger partial charge on any atom is 0.117 e. The van der Waals surface area contributed by atoms with E-state index in [4.69, 9.17) is 4.42 Å². The summed E-state index contributed by atoms with van der Waals surface area (Å²) in [5.74, 6) is 1.06. The van der Waals surface area contributed by atoms with E-state index in [1.54, 1.807) is 6.26 Å². The van der Waals surface area contributed by atoms with Crippen LogP contribution in [0.15, 0.2) is 28.9 Å². The Morgan fingerprint density at radius 3 is 2.85 bits per heavy atom. The summed E-state index contributed by atoms with van der Waals surface area (Å²) in [7, 11) is 0. The second kappa shape index (κ2) is 7.94. The molecular weight excluding hydrogens is 328 g/mol. The number of aryl methyl sites for hydroxylation is 1. The van der Waals surface area contributed by atoms with Crippen LogP contribution in [0.2, 0.25) is 0 Å². The van der Waals surface area contributed by atoms with Gasteiger partial charge in [0.2, 0.25) is 0 Å². The highest BCUT2D eigenvalue weighted by molar-refractivity contribution is 5.14. The van der Waals surface area contributed by atoms with E-state index in [1.165, 1.54) is 18.5 Å². The van der Waals surface area contributed by atoms with E-state index in [9.17, 15) is 5.11 Å². The Morgan fingerprint density at radius 2 is 2.12 bits per heavy atom. The highest BCUT2D eigenvalue weighted by atomic mass is 16.3. The fourth-order valence-electron chi connectivity index (χ4n) is 4.26. The molecule has 2 aliphatic heterocycles. The van der Waals surface area contributed by atoms with Crippen LogP contribution in [0, 0.1) is 0 Å². The molecule has 1 saturated heterocycles. The Labute approximate surface area is 155 Å². The fraction of sp³-hybridized carbons (Fsp3) is 0.650. The number of aliphatic hydroxyl groups excluding tert-OH is 1. The quantitative estimate of drug-likeness (QED) is 0.891. The summed E-state index contributed by atoms with van der Waals surface area (Å²) in [5.41, 5.74) is 2.08. The standard InChI is InChI=1S/C20H30N4O2/c1-2-20(25)19-13-17-14-23(8-4-9-24(17)21-19)16-6-10-22(11-7-16)15-18-5-3-12-26-18/h3,5,12-13,16,20,25H,2,4,6-11,14-15H2,1H3/t20-/m0/s1. The Bertz CT molecular complexity index is 689. The van der Waals surface area contributed by atoms with Gasteiger partial charge in [0.05, 0.1) is 30.3 Å². The summed E-state index contributed by atoms with van der Waals surface area (Å²) in [6.45, 7) is 8.22.